The molecule has 2 aromatic rings. The first-order valence-electron chi connectivity index (χ1n) is 9.52. The smallest absolute Gasteiger partial charge is 0.162 e. The van der Waals surface area contributed by atoms with Gasteiger partial charge in [0.2, 0.25) is 0 Å². The topological polar surface area (TPSA) is 15.3 Å². The fraction of sp³-hybridized carbons (Fsp3) is 0.364. The van der Waals surface area contributed by atoms with Crippen LogP contribution in [0.3, 0.4) is 0 Å². The van der Waals surface area contributed by atoms with Crippen molar-refractivity contribution in [2.45, 2.75) is 45.7 Å². The van der Waals surface area contributed by atoms with Gasteiger partial charge in [-0.05, 0) is 49.8 Å². The minimum absolute atomic E-state index is 0.0961. The van der Waals surface area contributed by atoms with Gasteiger partial charge in [-0.3, -0.25) is 0 Å². The molecule has 1 unspecified atom stereocenters. The van der Waals surface area contributed by atoms with Crippen molar-refractivity contribution in [1.82, 2.24) is 5.31 Å². The van der Waals surface area contributed by atoms with Gasteiger partial charge < -0.3 is 10.2 Å². The molecule has 2 aliphatic rings. The van der Waals surface area contributed by atoms with E-state index in [0.29, 0.717) is 5.92 Å². The molecule has 0 aromatic heterocycles. The maximum Gasteiger partial charge on any atom is 0.162 e. The Labute approximate surface area is 146 Å². The first-order valence-corrected chi connectivity index (χ1v) is 9.08. The van der Waals surface area contributed by atoms with Crippen LogP contribution in [0.15, 0.2) is 60.3 Å². The van der Waals surface area contributed by atoms with Crippen LogP contribution in [0.1, 0.15) is 43.7 Å². The van der Waals surface area contributed by atoms with Crippen LogP contribution in [0, 0.1) is 12.8 Å². The number of nitrogens with zero attached hydrogens (tertiary/aromatic N) is 1. The number of aryl methyl sites for hydroxylation is 1. The summed E-state index contributed by atoms with van der Waals surface area (Å²) >= 11 is 0. The average molecular weight is 319 g/mol. The predicted octanol–water partition coefficient (Wildman–Crippen LogP) is 5.31. The van der Waals surface area contributed by atoms with Crippen molar-refractivity contribution in [3.05, 3.63) is 71.4 Å². The van der Waals surface area contributed by atoms with E-state index in [1.807, 2.05) is 6.07 Å². The maximum atomic E-state index is 8.96. The normalized spacial score (nSPS) is 22.4. The van der Waals surface area contributed by atoms with E-state index in [1.165, 1.54) is 42.6 Å². The number of benzene rings is 2. The SMILES string of the molecule is [2H]N1C(c2ccccc2)=C(C)N(c2ccccc2C)C1C1CCCC1. The second kappa shape index (κ2) is 6.35. The molecule has 1 atom stereocenters. The molecular weight excluding hydrogens is 292 g/mol. The Morgan fingerprint density at radius 3 is 2.33 bits per heavy atom. The maximum absolute atomic E-state index is 8.96. The molecule has 1 aliphatic carbocycles. The molecule has 2 nitrogen and oxygen atoms in total. The Bertz CT molecular complexity index is 778. The van der Waals surface area contributed by atoms with Gasteiger partial charge in [0.1, 0.15) is 6.17 Å². The molecule has 124 valence electrons. The van der Waals surface area contributed by atoms with Crippen LogP contribution in [0.4, 0.5) is 5.69 Å². The van der Waals surface area contributed by atoms with Crippen molar-refractivity contribution >= 4 is 11.4 Å². The lowest BCUT2D eigenvalue weighted by Crippen LogP contribution is -2.42. The monoisotopic (exact) mass is 319 g/mol. The van der Waals surface area contributed by atoms with Crippen LogP contribution < -0.4 is 10.2 Å². The van der Waals surface area contributed by atoms with Crippen molar-refractivity contribution < 1.29 is 1.41 Å². The quantitative estimate of drug-likeness (QED) is 0.825. The van der Waals surface area contributed by atoms with E-state index in [1.54, 1.807) is 5.31 Å². The Morgan fingerprint density at radius 2 is 1.62 bits per heavy atom. The van der Waals surface area contributed by atoms with Crippen LogP contribution in [-0.2, 0) is 0 Å². The van der Waals surface area contributed by atoms with E-state index in [4.69, 9.17) is 1.41 Å². The van der Waals surface area contributed by atoms with Crippen LogP contribution in [0.25, 0.3) is 5.70 Å². The lowest BCUT2D eigenvalue weighted by molar-refractivity contribution is 0.408. The first-order chi connectivity index (χ1) is 12.2. The number of hydrogen-bond donors (Lipinski definition) is 1. The molecular formula is C22H26N2. The number of para-hydroxylation sites is 1. The third kappa shape index (κ3) is 2.60. The average Bonchev–Trinajstić information content (AvgIpc) is 3.23. The third-order valence-corrected chi connectivity index (χ3v) is 5.47. The number of anilines is 1. The lowest BCUT2D eigenvalue weighted by Gasteiger charge is -2.33. The van der Waals surface area contributed by atoms with Gasteiger partial charge in [-0.15, -0.1) is 0 Å². The molecule has 0 bridgehead atoms. The summed E-state index contributed by atoms with van der Waals surface area (Å²) in [5.41, 5.74) is 5.87. The minimum Gasteiger partial charge on any atom is -0.363 e. The highest BCUT2D eigenvalue weighted by molar-refractivity contribution is 5.76. The summed E-state index contributed by atoms with van der Waals surface area (Å²) in [5, 5.41) is 1.78. The summed E-state index contributed by atoms with van der Waals surface area (Å²) < 4.78 is 8.96. The molecule has 2 aromatic carbocycles. The van der Waals surface area contributed by atoms with Crippen LogP contribution >= 0.6 is 0 Å². The van der Waals surface area contributed by atoms with Gasteiger partial charge in [0.25, 0.3) is 0 Å². The van der Waals surface area contributed by atoms with Crippen LogP contribution in [0.2, 0.25) is 1.41 Å². The summed E-state index contributed by atoms with van der Waals surface area (Å²) in [6.07, 6.45) is 5.11. The zero-order valence-corrected chi connectivity index (χ0v) is 14.6. The Kier molecular flexibility index (Phi) is 3.74. The van der Waals surface area contributed by atoms with Gasteiger partial charge in [-0.2, -0.15) is 0 Å². The number of hydrogen-bond acceptors (Lipinski definition) is 2. The Hall–Kier alpha value is -2.22. The van der Waals surface area contributed by atoms with Gasteiger partial charge in [0, 0.05) is 11.4 Å². The molecule has 1 fully saturated rings. The molecule has 2 heteroatoms. The van der Waals surface area contributed by atoms with Gasteiger partial charge in [-0.1, -0.05) is 61.4 Å². The van der Waals surface area contributed by atoms with Gasteiger partial charge in [0.15, 0.2) is 1.41 Å². The number of nitrogens with one attached hydrogen (secondary N) is 1. The highest BCUT2D eigenvalue weighted by atomic mass is 15.3. The molecule has 1 saturated carbocycles. The molecule has 1 N–H and O–H groups in total. The molecule has 1 aliphatic heterocycles. The van der Waals surface area contributed by atoms with Crippen molar-refractivity contribution in [3.8, 4) is 0 Å². The van der Waals surface area contributed by atoms with Crippen molar-refractivity contribution in [2.24, 2.45) is 5.92 Å². The number of rotatable bonds is 3. The van der Waals surface area contributed by atoms with Gasteiger partial charge in [-0.25, -0.2) is 0 Å². The summed E-state index contributed by atoms with van der Waals surface area (Å²) in [7, 11) is 0. The highest BCUT2D eigenvalue weighted by Gasteiger charge is 2.37. The largest absolute Gasteiger partial charge is 0.363 e. The molecule has 24 heavy (non-hydrogen) atoms. The van der Waals surface area contributed by atoms with E-state index in [9.17, 15) is 0 Å². The minimum atomic E-state index is 0.0961. The lowest BCUT2D eigenvalue weighted by atomic mass is 10.0. The molecule has 4 rings (SSSR count). The van der Waals surface area contributed by atoms with E-state index < -0.39 is 0 Å². The molecule has 1 heterocycles. The fourth-order valence-corrected chi connectivity index (χ4v) is 4.20. The molecule has 0 amide bonds. The Balaban J connectivity index is 1.84. The Morgan fingerprint density at radius 1 is 0.958 bits per heavy atom. The highest BCUT2D eigenvalue weighted by Crippen LogP contribution is 2.40. The summed E-state index contributed by atoms with van der Waals surface area (Å²) in [4.78, 5) is 2.42. The van der Waals surface area contributed by atoms with Gasteiger partial charge in [0.05, 0.1) is 5.70 Å². The van der Waals surface area contributed by atoms with E-state index >= 15 is 0 Å². The molecule has 0 spiro atoms. The van der Waals surface area contributed by atoms with E-state index in [2.05, 4.69) is 67.3 Å². The summed E-state index contributed by atoms with van der Waals surface area (Å²) in [5.74, 6) is 0.549. The van der Waals surface area contributed by atoms with Crippen LogP contribution in [0.5, 0.6) is 0 Å². The molecule has 0 radical (unpaired) electrons. The second-order valence-electron chi connectivity index (χ2n) is 7.04. The second-order valence-corrected chi connectivity index (χ2v) is 7.04. The van der Waals surface area contributed by atoms with E-state index in [-0.39, 0.29) is 6.17 Å². The van der Waals surface area contributed by atoms with E-state index in [0.717, 1.165) is 11.3 Å². The predicted molar refractivity (Wildman–Crippen MR) is 102 cm³/mol. The number of allylic oxidation sites excluding steroid dienone is 1. The van der Waals surface area contributed by atoms with Crippen LogP contribution in [-0.4, -0.2) is 6.17 Å². The fourth-order valence-electron chi connectivity index (χ4n) is 4.20. The molecule has 0 saturated heterocycles. The summed E-state index contributed by atoms with van der Waals surface area (Å²) in [6, 6.07) is 19.0. The zero-order valence-electron chi connectivity index (χ0n) is 15.6. The first kappa shape index (κ1) is 14.2. The van der Waals surface area contributed by atoms with Crippen molar-refractivity contribution in [3.63, 3.8) is 0 Å². The van der Waals surface area contributed by atoms with Crippen molar-refractivity contribution in [2.75, 3.05) is 4.90 Å². The standard InChI is InChI=1S/C22H26N2/c1-16-10-6-9-15-20(16)24-17(2)21(18-11-4-3-5-12-18)23-22(24)19-13-7-8-14-19/h3-6,9-12,15,19,22-23H,7-8,13-14H2,1-2H3/i/hD. The van der Waals surface area contributed by atoms with Crippen molar-refractivity contribution in [1.29, 1.82) is 0 Å². The zero-order chi connectivity index (χ0) is 17.4. The van der Waals surface area contributed by atoms with Gasteiger partial charge >= 0.3 is 0 Å². The third-order valence-electron chi connectivity index (χ3n) is 5.47. The summed E-state index contributed by atoms with van der Waals surface area (Å²) in [6.45, 7) is 4.34.